The van der Waals surface area contributed by atoms with Crippen LogP contribution in [0.2, 0.25) is 0 Å². The van der Waals surface area contributed by atoms with Crippen LogP contribution in [0.4, 0.5) is 10.6 Å². The van der Waals surface area contributed by atoms with Crippen LogP contribution in [0.15, 0.2) is 48.7 Å². The van der Waals surface area contributed by atoms with Gasteiger partial charge in [-0.2, -0.15) is 0 Å². The van der Waals surface area contributed by atoms with Gasteiger partial charge in [-0.1, -0.05) is 42.8 Å². The van der Waals surface area contributed by atoms with Crippen LogP contribution in [-0.2, 0) is 11.3 Å². The lowest BCUT2D eigenvalue weighted by atomic mass is 9.94. The lowest BCUT2D eigenvalue weighted by Crippen LogP contribution is -2.37. The van der Waals surface area contributed by atoms with Gasteiger partial charge < -0.3 is 4.74 Å². The van der Waals surface area contributed by atoms with E-state index in [2.05, 4.69) is 40.2 Å². The molecule has 0 N–H and O–H groups in total. The molecule has 0 bridgehead atoms. The largest absolute Gasteiger partial charge is 0.443 e. The van der Waals surface area contributed by atoms with Crippen LogP contribution in [0.5, 0.6) is 0 Å². The predicted molar refractivity (Wildman–Crippen MR) is 112 cm³/mol. The molecule has 1 amide bonds. The number of carbonyl (C=O) groups excluding carboxylic acids is 1. The van der Waals surface area contributed by atoms with E-state index in [1.807, 2.05) is 32.9 Å². The number of rotatable bonds is 4. The van der Waals surface area contributed by atoms with Gasteiger partial charge in [0.25, 0.3) is 0 Å². The maximum Gasteiger partial charge on any atom is 0.415 e. The van der Waals surface area contributed by atoms with E-state index in [1.54, 1.807) is 13.2 Å². The van der Waals surface area contributed by atoms with E-state index in [9.17, 15) is 4.79 Å². The number of ether oxygens (including phenoxy) is 1. The molecule has 3 rings (SSSR count). The Bertz CT molecular complexity index is 786. The van der Waals surface area contributed by atoms with Crippen LogP contribution < -0.4 is 4.90 Å². The standard InChI is InChI=1S/C23H31N3O2/c1-23(2,3)28-22(27)25(4)21-19(13-10-15-24-21)20-14-8-9-16-26(20)17-18-11-6-5-7-12-18/h5-7,10-13,15,20H,8-9,14,16-17H2,1-4H3. The SMILES string of the molecule is CN(C(=O)OC(C)(C)C)c1ncccc1C1CCCCN1Cc1ccccc1. The Hall–Kier alpha value is -2.40. The fourth-order valence-electron chi connectivity index (χ4n) is 3.72. The van der Waals surface area contributed by atoms with E-state index < -0.39 is 5.60 Å². The van der Waals surface area contributed by atoms with Gasteiger partial charge in [0.2, 0.25) is 0 Å². The highest BCUT2D eigenvalue weighted by Gasteiger charge is 2.30. The molecule has 1 aromatic carbocycles. The number of nitrogens with zero attached hydrogens (tertiary/aromatic N) is 3. The van der Waals surface area contributed by atoms with Crippen molar-refractivity contribution < 1.29 is 9.53 Å². The summed E-state index contributed by atoms with van der Waals surface area (Å²) in [5.74, 6) is 0.682. The molecule has 1 aliphatic heterocycles. The first-order valence-electron chi connectivity index (χ1n) is 10.0. The Kier molecular flexibility index (Phi) is 6.35. The first-order chi connectivity index (χ1) is 13.3. The number of hydrogen-bond donors (Lipinski definition) is 0. The first kappa shape index (κ1) is 20.3. The van der Waals surface area contributed by atoms with E-state index >= 15 is 0 Å². The third-order valence-corrected chi connectivity index (χ3v) is 5.00. The maximum atomic E-state index is 12.6. The highest BCUT2D eigenvalue weighted by Crippen LogP contribution is 2.36. The van der Waals surface area contributed by atoms with Gasteiger partial charge in [0.05, 0.1) is 0 Å². The van der Waals surface area contributed by atoms with Crippen LogP contribution in [0.3, 0.4) is 0 Å². The lowest BCUT2D eigenvalue weighted by molar-refractivity contribution is 0.0587. The second-order valence-corrected chi connectivity index (χ2v) is 8.42. The summed E-state index contributed by atoms with van der Waals surface area (Å²) in [4.78, 5) is 21.2. The first-order valence-corrected chi connectivity index (χ1v) is 10.0. The van der Waals surface area contributed by atoms with E-state index in [-0.39, 0.29) is 12.1 Å². The number of aromatic nitrogens is 1. The van der Waals surface area contributed by atoms with Crippen molar-refractivity contribution in [2.45, 2.75) is 58.2 Å². The zero-order chi connectivity index (χ0) is 20.1. The van der Waals surface area contributed by atoms with Gasteiger partial charge in [-0.3, -0.25) is 9.80 Å². The Morgan fingerprint density at radius 1 is 1.18 bits per heavy atom. The maximum absolute atomic E-state index is 12.6. The fourth-order valence-corrected chi connectivity index (χ4v) is 3.72. The molecular formula is C23H31N3O2. The third kappa shape index (κ3) is 5.10. The molecule has 2 aromatic rings. The van der Waals surface area contributed by atoms with E-state index in [0.717, 1.165) is 25.1 Å². The van der Waals surface area contributed by atoms with Crippen molar-refractivity contribution in [3.63, 3.8) is 0 Å². The summed E-state index contributed by atoms with van der Waals surface area (Å²) >= 11 is 0. The Morgan fingerprint density at radius 3 is 2.64 bits per heavy atom. The van der Waals surface area contributed by atoms with Gasteiger partial charge >= 0.3 is 6.09 Å². The number of likely N-dealkylation sites (tertiary alicyclic amines) is 1. The summed E-state index contributed by atoms with van der Waals surface area (Å²) in [7, 11) is 1.74. The Balaban J connectivity index is 1.86. The minimum absolute atomic E-state index is 0.238. The predicted octanol–water partition coefficient (Wildman–Crippen LogP) is 5.18. The summed E-state index contributed by atoms with van der Waals surface area (Å²) in [6.45, 7) is 7.57. The van der Waals surface area contributed by atoms with Crippen molar-refractivity contribution in [3.05, 3.63) is 59.8 Å². The molecule has 0 spiro atoms. The number of carbonyl (C=O) groups is 1. The van der Waals surface area contributed by atoms with Gasteiger partial charge in [0, 0.05) is 31.4 Å². The Labute approximate surface area is 168 Å². The topological polar surface area (TPSA) is 45.7 Å². The molecule has 150 valence electrons. The molecule has 1 aromatic heterocycles. The lowest BCUT2D eigenvalue weighted by Gasteiger charge is -2.37. The van der Waals surface area contributed by atoms with E-state index in [4.69, 9.17) is 4.74 Å². The van der Waals surface area contributed by atoms with Crippen molar-refractivity contribution in [2.75, 3.05) is 18.5 Å². The van der Waals surface area contributed by atoms with Crippen molar-refractivity contribution >= 4 is 11.9 Å². The highest BCUT2D eigenvalue weighted by atomic mass is 16.6. The molecular weight excluding hydrogens is 350 g/mol. The zero-order valence-corrected chi connectivity index (χ0v) is 17.4. The van der Waals surface area contributed by atoms with Crippen LogP contribution in [0.1, 0.15) is 57.2 Å². The normalized spacial score (nSPS) is 17.9. The minimum Gasteiger partial charge on any atom is -0.443 e. The van der Waals surface area contributed by atoms with Crippen molar-refractivity contribution in [1.29, 1.82) is 0 Å². The van der Waals surface area contributed by atoms with Gasteiger partial charge in [0.15, 0.2) is 0 Å². The van der Waals surface area contributed by atoms with Crippen LogP contribution >= 0.6 is 0 Å². The number of hydrogen-bond acceptors (Lipinski definition) is 4. The monoisotopic (exact) mass is 381 g/mol. The van der Waals surface area contributed by atoms with Gasteiger partial charge in [0.1, 0.15) is 11.4 Å². The number of pyridine rings is 1. The summed E-state index contributed by atoms with van der Waals surface area (Å²) in [6.07, 6.45) is 4.80. The molecule has 2 heterocycles. The molecule has 0 radical (unpaired) electrons. The third-order valence-electron chi connectivity index (χ3n) is 5.00. The number of benzene rings is 1. The van der Waals surface area contributed by atoms with Crippen LogP contribution in [0, 0.1) is 0 Å². The second kappa shape index (κ2) is 8.74. The minimum atomic E-state index is -0.537. The molecule has 5 nitrogen and oxygen atoms in total. The average Bonchev–Trinajstić information content (AvgIpc) is 2.67. The molecule has 1 unspecified atom stereocenters. The highest BCUT2D eigenvalue weighted by molar-refractivity contribution is 5.87. The molecule has 1 aliphatic rings. The molecule has 1 atom stereocenters. The van der Waals surface area contributed by atoms with E-state index in [1.165, 1.54) is 23.3 Å². The van der Waals surface area contributed by atoms with Crippen molar-refractivity contribution in [1.82, 2.24) is 9.88 Å². The molecule has 28 heavy (non-hydrogen) atoms. The smallest absolute Gasteiger partial charge is 0.415 e. The number of anilines is 1. The molecule has 1 fully saturated rings. The number of piperidine rings is 1. The summed E-state index contributed by atoms with van der Waals surface area (Å²) < 4.78 is 5.55. The van der Waals surface area contributed by atoms with E-state index in [0.29, 0.717) is 5.82 Å². The molecule has 0 saturated carbocycles. The van der Waals surface area contributed by atoms with Crippen molar-refractivity contribution in [2.24, 2.45) is 0 Å². The zero-order valence-electron chi connectivity index (χ0n) is 17.4. The Morgan fingerprint density at radius 2 is 1.93 bits per heavy atom. The van der Waals surface area contributed by atoms with Gasteiger partial charge in [-0.05, 0) is 51.8 Å². The fraction of sp³-hybridized carbons (Fsp3) is 0.478. The summed E-state index contributed by atoms with van der Waals surface area (Å²) in [6, 6.07) is 14.8. The average molecular weight is 382 g/mol. The van der Waals surface area contributed by atoms with Gasteiger partial charge in [-0.15, -0.1) is 0 Å². The quantitative estimate of drug-likeness (QED) is 0.732. The summed E-state index contributed by atoms with van der Waals surface area (Å²) in [5, 5.41) is 0. The molecule has 1 saturated heterocycles. The second-order valence-electron chi connectivity index (χ2n) is 8.42. The van der Waals surface area contributed by atoms with Crippen LogP contribution in [0.25, 0.3) is 0 Å². The summed E-state index contributed by atoms with van der Waals surface area (Å²) in [5.41, 5.74) is 1.86. The number of amides is 1. The van der Waals surface area contributed by atoms with Crippen LogP contribution in [-0.4, -0.2) is 35.2 Å². The van der Waals surface area contributed by atoms with Gasteiger partial charge in [-0.25, -0.2) is 9.78 Å². The molecule has 0 aliphatic carbocycles. The van der Waals surface area contributed by atoms with Crippen molar-refractivity contribution in [3.8, 4) is 0 Å². The molecule has 5 heteroatoms.